The van der Waals surface area contributed by atoms with Crippen molar-refractivity contribution in [1.82, 2.24) is 10.3 Å². The van der Waals surface area contributed by atoms with Gasteiger partial charge in [0, 0.05) is 6.54 Å². The standard InChI is InChI=1S/C13H23N3O2/c1-3-5-7-10(14)13-16-11(9-18-13)12(17)15-8-6-4-2/h9-10H,3-8,14H2,1-2H3,(H,15,17). The molecule has 0 aromatic carbocycles. The van der Waals surface area contributed by atoms with Gasteiger partial charge in [-0.05, 0) is 12.8 Å². The first-order valence-corrected chi connectivity index (χ1v) is 6.68. The second-order valence-corrected chi connectivity index (χ2v) is 4.43. The molecule has 0 aliphatic heterocycles. The van der Waals surface area contributed by atoms with Crippen LogP contribution in [0.3, 0.4) is 0 Å². The molecule has 5 nitrogen and oxygen atoms in total. The average Bonchev–Trinajstić information content (AvgIpc) is 2.85. The number of nitrogens with zero attached hydrogens (tertiary/aromatic N) is 1. The lowest BCUT2D eigenvalue weighted by atomic mass is 10.1. The van der Waals surface area contributed by atoms with E-state index in [1.807, 2.05) is 0 Å². The lowest BCUT2D eigenvalue weighted by Gasteiger charge is -2.05. The van der Waals surface area contributed by atoms with Gasteiger partial charge in [0.25, 0.3) is 5.91 Å². The van der Waals surface area contributed by atoms with Crippen molar-refractivity contribution in [1.29, 1.82) is 0 Å². The highest BCUT2D eigenvalue weighted by molar-refractivity contribution is 5.91. The molecule has 0 aliphatic rings. The summed E-state index contributed by atoms with van der Waals surface area (Å²) in [5.41, 5.74) is 6.24. The molecule has 0 saturated heterocycles. The number of nitrogens with two attached hydrogens (primary N) is 1. The zero-order chi connectivity index (χ0) is 13.4. The smallest absolute Gasteiger partial charge is 0.273 e. The Morgan fingerprint density at radius 1 is 1.44 bits per heavy atom. The van der Waals surface area contributed by atoms with E-state index >= 15 is 0 Å². The number of nitrogens with one attached hydrogen (secondary N) is 1. The van der Waals surface area contributed by atoms with Crippen molar-refractivity contribution in [2.45, 2.75) is 52.0 Å². The maximum atomic E-state index is 11.7. The van der Waals surface area contributed by atoms with Crippen LogP contribution in [0.4, 0.5) is 0 Å². The van der Waals surface area contributed by atoms with Gasteiger partial charge in [-0.3, -0.25) is 4.79 Å². The van der Waals surface area contributed by atoms with E-state index < -0.39 is 0 Å². The number of hydrogen-bond acceptors (Lipinski definition) is 4. The first kappa shape index (κ1) is 14.7. The molecule has 0 radical (unpaired) electrons. The van der Waals surface area contributed by atoms with Gasteiger partial charge in [-0.2, -0.15) is 0 Å². The Kier molecular flexibility index (Phi) is 6.43. The molecule has 18 heavy (non-hydrogen) atoms. The van der Waals surface area contributed by atoms with Gasteiger partial charge in [0.05, 0.1) is 6.04 Å². The highest BCUT2D eigenvalue weighted by atomic mass is 16.3. The number of carbonyl (C=O) groups is 1. The number of hydrogen-bond donors (Lipinski definition) is 2. The molecule has 3 N–H and O–H groups in total. The fourth-order valence-corrected chi connectivity index (χ4v) is 1.58. The Labute approximate surface area is 108 Å². The third kappa shape index (κ3) is 4.49. The van der Waals surface area contributed by atoms with Crippen LogP contribution in [0.15, 0.2) is 10.7 Å². The van der Waals surface area contributed by atoms with E-state index in [1.165, 1.54) is 6.26 Å². The van der Waals surface area contributed by atoms with Gasteiger partial charge < -0.3 is 15.5 Å². The van der Waals surface area contributed by atoms with Crippen molar-refractivity contribution in [2.24, 2.45) is 5.73 Å². The van der Waals surface area contributed by atoms with Crippen molar-refractivity contribution in [2.75, 3.05) is 6.54 Å². The molecular formula is C13H23N3O2. The first-order valence-electron chi connectivity index (χ1n) is 6.68. The topological polar surface area (TPSA) is 81.2 Å². The van der Waals surface area contributed by atoms with Gasteiger partial charge >= 0.3 is 0 Å². The van der Waals surface area contributed by atoms with Crippen LogP contribution in [0.1, 0.15) is 68.4 Å². The first-order chi connectivity index (χ1) is 8.69. The number of aromatic nitrogens is 1. The maximum absolute atomic E-state index is 11.7. The normalized spacial score (nSPS) is 12.4. The summed E-state index contributed by atoms with van der Waals surface area (Å²) in [5.74, 6) is 0.255. The molecule has 1 unspecified atom stereocenters. The van der Waals surface area contributed by atoms with Crippen molar-refractivity contribution in [3.05, 3.63) is 17.8 Å². The van der Waals surface area contributed by atoms with Gasteiger partial charge in [0.15, 0.2) is 5.69 Å². The third-order valence-electron chi connectivity index (χ3n) is 2.76. The van der Waals surface area contributed by atoms with Crippen molar-refractivity contribution in [3.8, 4) is 0 Å². The fourth-order valence-electron chi connectivity index (χ4n) is 1.58. The van der Waals surface area contributed by atoms with Crippen LogP contribution in [-0.2, 0) is 0 Å². The molecule has 1 amide bonds. The van der Waals surface area contributed by atoms with Crippen LogP contribution in [-0.4, -0.2) is 17.4 Å². The number of amides is 1. The minimum atomic E-state index is -0.220. The minimum Gasteiger partial charge on any atom is -0.446 e. The molecule has 1 atom stereocenters. The largest absolute Gasteiger partial charge is 0.446 e. The summed E-state index contributed by atoms with van der Waals surface area (Å²) < 4.78 is 5.25. The Morgan fingerprint density at radius 2 is 2.17 bits per heavy atom. The molecule has 0 spiro atoms. The molecule has 0 bridgehead atoms. The molecule has 0 saturated carbocycles. The second kappa shape index (κ2) is 7.87. The van der Waals surface area contributed by atoms with Gasteiger partial charge in [-0.15, -0.1) is 0 Å². The van der Waals surface area contributed by atoms with Crippen LogP contribution in [0.5, 0.6) is 0 Å². The van der Waals surface area contributed by atoms with Crippen LogP contribution >= 0.6 is 0 Å². The van der Waals surface area contributed by atoms with Gasteiger partial charge in [-0.1, -0.05) is 33.1 Å². The number of carbonyl (C=O) groups excluding carboxylic acids is 1. The predicted molar refractivity (Wildman–Crippen MR) is 70.2 cm³/mol. The van der Waals surface area contributed by atoms with Crippen LogP contribution < -0.4 is 11.1 Å². The Bertz CT molecular complexity index is 363. The number of rotatable bonds is 8. The summed E-state index contributed by atoms with van der Waals surface area (Å²) in [6, 6.07) is -0.220. The van der Waals surface area contributed by atoms with E-state index in [0.717, 1.165) is 32.1 Å². The maximum Gasteiger partial charge on any atom is 0.273 e. The third-order valence-corrected chi connectivity index (χ3v) is 2.76. The van der Waals surface area contributed by atoms with Crippen molar-refractivity contribution >= 4 is 5.91 Å². The quantitative estimate of drug-likeness (QED) is 0.697. The highest BCUT2D eigenvalue weighted by Gasteiger charge is 2.16. The van der Waals surface area contributed by atoms with Crippen molar-refractivity contribution in [3.63, 3.8) is 0 Å². The summed E-state index contributed by atoms with van der Waals surface area (Å²) in [6.45, 7) is 4.85. The SMILES string of the molecule is CCCCNC(=O)c1coc(C(N)CCCC)n1. The van der Waals surface area contributed by atoms with Crippen LogP contribution in [0, 0.1) is 0 Å². The van der Waals surface area contributed by atoms with Gasteiger partial charge in [0.2, 0.25) is 5.89 Å². The molecular weight excluding hydrogens is 230 g/mol. The fraction of sp³-hybridized carbons (Fsp3) is 0.692. The highest BCUT2D eigenvalue weighted by Crippen LogP contribution is 2.16. The molecule has 1 aromatic rings. The van der Waals surface area contributed by atoms with E-state index in [-0.39, 0.29) is 11.9 Å². The Hall–Kier alpha value is -1.36. The summed E-state index contributed by atoms with van der Waals surface area (Å²) >= 11 is 0. The molecule has 0 fully saturated rings. The minimum absolute atomic E-state index is 0.193. The number of unbranched alkanes of at least 4 members (excludes halogenated alkanes) is 2. The molecule has 1 heterocycles. The second-order valence-electron chi connectivity index (χ2n) is 4.43. The predicted octanol–water partition coefficient (Wildman–Crippen LogP) is 2.39. The molecule has 1 aromatic heterocycles. The van der Waals surface area contributed by atoms with E-state index in [1.54, 1.807) is 0 Å². The van der Waals surface area contributed by atoms with E-state index in [2.05, 4.69) is 24.1 Å². The molecule has 1 rings (SSSR count). The van der Waals surface area contributed by atoms with Crippen LogP contribution in [0.2, 0.25) is 0 Å². The molecule has 5 heteroatoms. The van der Waals surface area contributed by atoms with E-state index in [0.29, 0.717) is 18.1 Å². The Morgan fingerprint density at radius 3 is 2.83 bits per heavy atom. The Balaban J connectivity index is 2.48. The monoisotopic (exact) mass is 253 g/mol. The molecule has 102 valence electrons. The average molecular weight is 253 g/mol. The zero-order valence-electron chi connectivity index (χ0n) is 11.2. The van der Waals surface area contributed by atoms with Gasteiger partial charge in [-0.25, -0.2) is 4.98 Å². The van der Waals surface area contributed by atoms with Crippen molar-refractivity contribution < 1.29 is 9.21 Å². The molecule has 0 aliphatic carbocycles. The zero-order valence-corrected chi connectivity index (χ0v) is 11.2. The summed E-state index contributed by atoms with van der Waals surface area (Å²) in [4.78, 5) is 15.8. The van der Waals surface area contributed by atoms with E-state index in [9.17, 15) is 4.79 Å². The summed E-state index contributed by atoms with van der Waals surface area (Å²) in [5, 5.41) is 2.79. The summed E-state index contributed by atoms with van der Waals surface area (Å²) in [6.07, 6.45) is 6.33. The number of oxazole rings is 1. The van der Waals surface area contributed by atoms with Gasteiger partial charge in [0.1, 0.15) is 6.26 Å². The lowest BCUT2D eigenvalue weighted by molar-refractivity contribution is 0.0948. The lowest BCUT2D eigenvalue weighted by Crippen LogP contribution is -2.24. The van der Waals surface area contributed by atoms with Crippen LogP contribution in [0.25, 0.3) is 0 Å². The van der Waals surface area contributed by atoms with E-state index in [4.69, 9.17) is 10.2 Å². The summed E-state index contributed by atoms with van der Waals surface area (Å²) in [7, 11) is 0.